The fourth-order valence-corrected chi connectivity index (χ4v) is 4.92. The van der Waals surface area contributed by atoms with Gasteiger partial charge in [0, 0.05) is 11.9 Å². The van der Waals surface area contributed by atoms with E-state index in [2.05, 4.69) is 0 Å². The molecule has 1 heterocycles. The predicted octanol–water partition coefficient (Wildman–Crippen LogP) is 4.13. The maximum absolute atomic E-state index is 13.1. The zero-order valence-electron chi connectivity index (χ0n) is 13.0. The number of nitrogens with zero attached hydrogens (tertiary/aromatic N) is 1. The molecule has 0 saturated carbocycles. The molecule has 1 fully saturated rings. The maximum atomic E-state index is 13.1. The van der Waals surface area contributed by atoms with E-state index in [-0.39, 0.29) is 11.4 Å². The fourth-order valence-electron chi connectivity index (χ4n) is 3.01. The average molecular weight is 350 g/mol. The number of sulfonamides is 1. The van der Waals surface area contributed by atoms with Crippen LogP contribution in [0.4, 0.5) is 0 Å². The molecule has 1 aliphatic heterocycles. The van der Waals surface area contributed by atoms with Crippen LogP contribution in [0.25, 0.3) is 0 Å². The van der Waals surface area contributed by atoms with E-state index in [1.807, 2.05) is 49.4 Å². The van der Waals surface area contributed by atoms with E-state index in [1.165, 1.54) is 0 Å². The summed E-state index contributed by atoms with van der Waals surface area (Å²) in [7, 11) is -3.52. The van der Waals surface area contributed by atoms with E-state index in [0.717, 1.165) is 11.1 Å². The van der Waals surface area contributed by atoms with Gasteiger partial charge in [0.05, 0.1) is 10.9 Å². The van der Waals surface area contributed by atoms with Crippen molar-refractivity contribution in [2.75, 3.05) is 6.54 Å². The standard InChI is InChI=1S/C18H20ClNO2S/c1-14-7-9-17(10-8-14)23(21,22)20-12-11-16(19)13-18(20)15-5-3-2-4-6-15/h2-10,16,18H,11-13H2,1H3/t16-,18-/m1/s1. The Balaban J connectivity index is 1.99. The number of hydrogen-bond donors (Lipinski definition) is 0. The second-order valence-corrected chi connectivity index (χ2v) is 8.48. The highest BCUT2D eigenvalue weighted by atomic mass is 35.5. The van der Waals surface area contributed by atoms with Gasteiger partial charge in [0.1, 0.15) is 0 Å². The Morgan fingerprint density at radius 3 is 2.35 bits per heavy atom. The normalized spacial score (nSPS) is 22.9. The van der Waals surface area contributed by atoms with Crippen LogP contribution < -0.4 is 0 Å². The molecular formula is C18H20ClNO2S. The van der Waals surface area contributed by atoms with Crippen molar-refractivity contribution in [1.82, 2.24) is 4.31 Å². The molecule has 5 heteroatoms. The number of hydrogen-bond acceptors (Lipinski definition) is 2. The molecule has 0 aromatic heterocycles. The molecule has 0 N–H and O–H groups in total. The molecule has 1 saturated heterocycles. The molecule has 1 aliphatic rings. The van der Waals surface area contributed by atoms with Crippen LogP contribution in [0.3, 0.4) is 0 Å². The Labute approximate surface area is 142 Å². The first-order valence-electron chi connectivity index (χ1n) is 7.76. The molecule has 23 heavy (non-hydrogen) atoms. The number of aryl methyl sites for hydroxylation is 1. The number of benzene rings is 2. The summed E-state index contributed by atoms with van der Waals surface area (Å²) in [4.78, 5) is 0.344. The maximum Gasteiger partial charge on any atom is 0.243 e. The zero-order valence-corrected chi connectivity index (χ0v) is 14.6. The average Bonchev–Trinajstić information content (AvgIpc) is 2.56. The molecule has 0 bridgehead atoms. The summed E-state index contributed by atoms with van der Waals surface area (Å²) in [6.45, 7) is 2.39. The van der Waals surface area contributed by atoms with E-state index in [9.17, 15) is 8.42 Å². The summed E-state index contributed by atoms with van der Waals surface area (Å²) >= 11 is 6.32. The topological polar surface area (TPSA) is 37.4 Å². The number of rotatable bonds is 3. The molecule has 0 unspecified atom stereocenters. The van der Waals surface area contributed by atoms with Crippen molar-refractivity contribution in [2.24, 2.45) is 0 Å². The minimum atomic E-state index is -3.52. The van der Waals surface area contributed by atoms with Crippen LogP contribution >= 0.6 is 11.6 Å². The molecule has 2 atom stereocenters. The van der Waals surface area contributed by atoms with Crippen molar-refractivity contribution < 1.29 is 8.42 Å². The third-order valence-electron chi connectivity index (χ3n) is 4.30. The quantitative estimate of drug-likeness (QED) is 0.781. The first-order valence-corrected chi connectivity index (χ1v) is 9.63. The van der Waals surface area contributed by atoms with Crippen molar-refractivity contribution in [2.45, 2.75) is 36.1 Å². The van der Waals surface area contributed by atoms with Crippen LogP contribution in [0.15, 0.2) is 59.5 Å². The molecule has 0 radical (unpaired) electrons. The van der Waals surface area contributed by atoms with Gasteiger partial charge < -0.3 is 0 Å². The van der Waals surface area contributed by atoms with Crippen LogP contribution in [0, 0.1) is 6.92 Å². The Morgan fingerprint density at radius 2 is 1.70 bits per heavy atom. The highest BCUT2D eigenvalue weighted by Gasteiger charge is 2.37. The molecule has 0 amide bonds. The fraction of sp³-hybridized carbons (Fsp3) is 0.333. The zero-order chi connectivity index (χ0) is 16.4. The second-order valence-electron chi connectivity index (χ2n) is 5.98. The summed E-state index contributed by atoms with van der Waals surface area (Å²) in [5.74, 6) is 0. The van der Waals surface area contributed by atoms with Crippen LogP contribution in [0.1, 0.15) is 30.0 Å². The summed E-state index contributed by atoms with van der Waals surface area (Å²) in [6, 6.07) is 16.6. The third-order valence-corrected chi connectivity index (χ3v) is 6.62. The minimum absolute atomic E-state index is 0.00433. The number of alkyl halides is 1. The summed E-state index contributed by atoms with van der Waals surface area (Å²) in [5.41, 5.74) is 2.04. The Bertz CT molecular complexity index is 759. The smallest absolute Gasteiger partial charge is 0.207 e. The Hall–Kier alpha value is -1.36. The van der Waals surface area contributed by atoms with Gasteiger partial charge in [-0.05, 0) is 37.5 Å². The van der Waals surface area contributed by atoms with Gasteiger partial charge in [-0.2, -0.15) is 4.31 Å². The van der Waals surface area contributed by atoms with Crippen molar-refractivity contribution in [3.05, 3.63) is 65.7 Å². The lowest BCUT2D eigenvalue weighted by Gasteiger charge is -2.37. The molecule has 0 spiro atoms. The van der Waals surface area contributed by atoms with Gasteiger partial charge >= 0.3 is 0 Å². The van der Waals surface area contributed by atoms with Crippen LogP contribution in [-0.2, 0) is 10.0 Å². The van der Waals surface area contributed by atoms with E-state index in [0.29, 0.717) is 24.3 Å². The highest BCUT2D eigenvalue weighted by molar-refractivity contribution is 7.89. The SMILES string of the molecule is Cc1ccc(S(=O)(=O)N2CC[C@@H](Cl)C[C@@H]2c2ccccc2)cc1. The van der Waals surface area contributed by atoms with Gasteiger partial charge in [0.25, 0.3) is 0 Å². The molecular weight excluding hydrogens is 330 g/mol. The predicted molar refractivity (Wildman–Crippen MR) is 93.1 cm³/mol. The lowest BCUT2D eigenvalue weighted by Crippen LogP contribution is -2.41. The molecule has 2 aromatic rings. The summed E-state index contributed by atoms with van der Waals surface area (Å²) in [5, 5.41) is 0.00433. The molecule has 2 aromatic carbocycles. The van der Waals surface area contributed by atoms with Crippen molar-refractivity contribution in [3.8, 4) is 0 Å². The van der Waals surface area contributed by atoms with Gasteiger partial charge in [0.2, 0.25) is 10.0 Å². The second kappa shape index (κ2) is 6.63. The molecule has 3 rings (SSSR count). The van der Waals surface area contributed by atoms with Gasteiger partial charge in [-0.3, -0.25) is 0 Å². The minimum Gasteiger partial charge on any atom is -0.207 e. The Kier molecular flexibility index (Phi) is 4.76. The van der Waals surface area contributed by atoms with Gasteiger partial charge in [-0.15, -0.1) is 11.6 Å². The van der Waals surface area contributed by atoms with E-state index < -0.39 is 10.0 Å². The Morgan fingerprint density at radius 1 is 1.04 bits per heavy atom. The van der Waals surface area contributed by atoms with Crippen LogP contribution in [0.2, 0.25) is 0 Å². The van der Waals surface area contributed by atoms with E-state index >= 15 is 0 Å². The van der Waals surface area contributed by atoms with Crippen molar-refractivity contribution in [3.63, 3.8) is 0 Å². The number of halogens is 1. The largest absolute Gasteiger partial charge is 0.243 e. The van der Waals surface area contributed by atoms with Gasteiger partial charge in [-0.25, -0.2) is 8.42 Å². The molecule has 3 nitrogen and oxygen atoms in total. The van der Waals surface area contributed by atoms with Crippen molar-refractivity contribution >= 4 is 21.6 Å². The highest BCUT2D eigenvalue weighted by Crippen LogP contribution is 2.37. The first-order chi connectivity index (χ1) is 11.0. The monoisotopic (exact) mass is 349 g/mol. The third kappa shape index (κ3) is 3.44. The van der Waals surface area contributed by atoms with E-state index in [1.54, 1.807) is 16.4 Å². The van der Waals surface area contributed by atoms with Crippen LogP contribution in [-0.4, -0.2) is 24.6 Å². The van der Waals surface area contributed by atoms with Gasteiger partial charge in [0.15, 0.2) is 0 Å². The molecule has 0 aliphatic carbocycles. The summed E-state index contributed by atoms with van der Waals surface area (Å²) in [6.07, 6.45) is 1.31. The summed E-state index contributed by atoms with van der Waals surface area (Å²) < 4.78 is 27.7. The number of piperidine rings is 1. The van der Waals surface area contributed by atoms with Crippen LogP contribution in [0.5, 0.6) is 0 Å². The lowest BCUT2D eigenvalue weighted by molar-refractivity contribution is 0.259. The van der Waals surface area contributed by atoms with Gasteiger partial charge in [-0.1, -0.05) is 48.0 Å². The first kappa shape index (κ1) is 16.5. The van der Waals surface area contributed by atoms with Crippen molar-refractivity contribution in [1.29, 1.82) is 0 Å². The van der Waals surface area contributed by atoms with E-state index in [4.69, 9.17) is 11.6 Å². The molecule has 122 valence electrons. The lowest BCUT2D eigenvalue weighted by atomic mass is 9.97.